The first-order valence-corrected chi connectivity index (χ1v) is 8.38. The second-order valence-corrected chi connectivity index (χ2v) is 6.44. The second-order valence-electron chi connectivity index (χ2n) is 5.44. The number of hydrogen-bond donors (Lipinski definition) is 1. The smallest absolute Gasteiger partial charge is 0.350 e. The zero-order valence-corrected chi connectivity index (χ0v) is 13.2. The molecule has 5 heteroatoms. The number of nitrogens with two attached hydrogens (primary N) is 1. The van der Waals surface area contributed by atoms with E-state index < -0.39 is 0 Å². The standard InChI is InChI=1S/C15H24N2O2S/c1-3-11-12(13(18)19-4-2)20-14(17-11)15(16)9-7-5-6-8-10-15/h3-10,16H2,1-2H3. The predicted molar refractivity (Wildman–Crippen MR) is 81.0 cm³/mol. The molecular formula is C15H24N2O2S. The third kappa shape index (κ3) is 3.20. The molecule has 0 radical (unpaired) electrons. The second kappa shape index (κ2) is 6.68. The van der Waals surface area contributed by atoms with Crippen molar-refractivity contribution in [3.05, 3.63) is 15.6 Å². The molecule has 0 spiro atoms. The minimum Gasteiger partial charge on any atom is -0.462 e. The third-order valence-electron chi connectivity index (χ3n) is 3.91. The molecule has 0 saturated heterocycles. The average molecular weight is 296 g/mol. The van der Waals surface area contributed by atoms with Gasteiger partial charge in [0, 0.05) is 0 Å². The lowest BCUT2D eigenvalue weighted by Crippen LogP contribution is -2.35. The summed E-state index contributed by atoms with van der Waals surface area (Å²) in [4.78, 5) is 17.3. The van der Waals surface area contributed by atoms with Crippen LogP contribution in [0.3, 0.4) is 0 Å². The maximum Gasteiger partial charge on any atom is 0.350 e. The maximum atomic E-state index is 12.0. The van der Waals surface area contributed by atoms with Crippen molar-refractivity contribution in [1.29, 1.82) is 0 Å². The van der Waals surface area contributed by atoms with Crippen molar-refractivity contribution in [2.75, 3.05) is 6.61 Å². The zero-order valence-electron chi connectivity index (χ0n) is 12.4. The number of nitrogens with zero attached hydrogens (tertiary/aromatic N) is 1. The molecule has 20 heavy (non-hydrogen) atoms. The Hall–Kier alpha value is -0.940. The van der Waals surface area contributed by atoms with Crippen LogP contribution in [0.5, 0.6) is 0 Å². The van der Waals surface area contributed by atoms with E-state index in [-0.39, 0.29) is 11.5 Å². The van der Waals surface area contributed by atoms with E-state index in [9.17, 15) is 4.79 Å². The molecule has 1 aliphatic rings. The number of thiazole rings is 1. The summed E-state index contributed by atoms with van der Waals surface area (Å²) in [5.41, 5.74) is 7.07. The molecular weight excluding hydrogens is 272 g/mol. The fourth-order valence-corrected chi connectivity index (χ4v) is 3.94. The van der Waals surface area contributed by atoms with Crippen LogP contribution in [0.15, 0.2) is 0 Å². The number of esters is 1. The summed E-state index contributed by atoms with van der Waals surface area (Å²) >= 11 is 1.44. The summed E-state index contributed by atoms with van der Waals surface area (Å²) in [7, 11) is 0. The van der Waals surface area contributed by atoms with Gasteiger partial charge in [0.25, 0.3) is 0 Å². The highest BCUT2D eigenvalue weighted by molar-refractivity contribution is 7.13. The minimum atomic E-state index is -0.351. The minimum absolute atomic E-state index is 0.259. The monoisotopic (exact) mass is 296 g/mol. The van der Waals surface area contributed by atoms with Crippen LogP contribution >= 0.6 is 11.3 Å². The van der Waals surface area contributed by atoms with Crippen LogP contribution in [-0.4, -0.2) is 17.6 Å². The van der Waals surface area contributed by atoms with E-state index in [0.29, 0.717) is 11.5 Å². The van der Waals surface area contributed by atoms with E-state index in [2.05, 4.69) is 4.98 Å². The van der Waals surface area contributed by atoms with Gasteiger partial charge >= 0.3 is 5.97 Å². The van der Waals surface area contributed by atoms with Gasteiger partial charge in [0.2, 0.25) is 0 Å². The van der Waals surface area contributed by atoms with Crippen molar-refractivity contribution >= 4 is 17.3 Å². The molecule has 112 valence electrons. The van der Waals surface area contributed by atoms with Crippen LogP contribution in [-0.2, 0) is 16.7 Å². The van der Waals surface area contributed by atoms with E-state index in [1.165, 1.54) is 24.2 Å². The molecule has 1 aliphatic carbocycles. The van der Waals surface area contributed by atoms with Crippen molar-refractivity contribution in [2.24, 2.45) is 5.73 Å². The van der Waals surface area contributed by atoms with E-state index >= 15 is 0 Å². The van der Waals surface area contributed by atoms with Gasteiger partial charge in [-0.1, -0.05) is 32.6 Å². The fourth-order valence-electron chi connectivity index (χ4n) is 2.73. The molecule has 0 bridgehead atoms. The molecule has 0 aromatic carbocycles. The number of hydrogen-bond acceptors (Lipinski definition) is 5. The van der Waals surface area contributed by atoms with Gasteiger partial charge in [-0.3, -0.25) is 0 Å². The Morgan fingerprint density at radius 2 is 1.95 bits per heavy atom. The molecule has 0 atom stereocenters. The quantitative estimate of drug-likeness (QED) is 0.683. The van der Waals surface area contributed by atoms with Crippen molar-refractivity contribution in [3.63, 3.8) is 0 Å². The van der Waals surface area contributed by atoms with Crippen LogP contribution in [0, 0.1) is 0 Å². The first kappa shape index (κ1) is 15.4. The number of aromatic nitrogens is 1. The van der Waals surface area contributed by atoms with Gasteiger partial charge in [-0.25, -0.2) is 9.78 Å². The summed E-state index contributed by atoms with van der Waals surface area (Å²) in [6.45, 7) is 4.22. The van der Waals surface area contributed by atoms with Gasteiger partial charge in [0.15, 0.2) is 0 Å². The van der Waals surface area contributed by atoms with Gasteiger partial charge in [-0.15, -0.1) is 11.3 Å². The van der Waals surface area contributed by atoms with Crippen molar-refractivity contribution < 1.29 is 9.53 Å². The number of ether oxygens (including phenoxy) is 1. The summed E-state index contributed by atoms with van der Waals surface area (Å²) in [6.07, 6.45) is 7.45. The van der Waals surface area contributed by atoms with Crippen molar-refractivity contribution in [3.8, 4) is 0 Å². The van der Waals surface area contributed by atoms with Crippen molar-refractivity contribution in [1.82, 2.24) is 4.98 Å². The molecule has 0 amide bonds. The Morgan fingerprint density at radius 3 is 2.50 bits per heavy atom. The Bertz CT molecular complexity index is 462. The summed E-state index contributed by atoms with van der Waals surface area (Å²) in [5.74, 6) is -0.259. The largest absolute Gasteiger partial charge is 0.462 e. The molecule has 1 fully saturated rings. The fraction of sp³-hybridized carbons (Fsp3) is 0.733. The van der Waals surface area contributed by atoms with Crippen LogP contribution in [0.25, 0.3) is 0 Å². The number of carbonyl (C=O) groups excluding carboxylic acids is 1. The highest BCUT2D eigenvalue weighted by Gasteiger charge is 2.33. The maximum absolute atomic E-state index is 12.0. The van der Waals surface area contributed by atoms with E-state index in [4.69, 9.17) is 10.5 Å². The Labute approximate surface area is 124 Å². The number of rotatable bonds is 4. The Balaban J connectivity index is 2.30. The third-order valence-corrected chi connectivity index (χ3v) is 5.21. The van der Waals surface area contributed by atoms with Crippen LogP contribution in [0.4, 0.5) is 0 Å². The van der Waals surface area contributed by atoms with Crippen molar-refractivity contribution in [2.45, 2.75) is 64.3 Å². The molecule has 1 aromatic heterocycles. The van der Waals surface area contributed by atoms with Crippen LogP contribution < -0.4 is 5.73 Å². The molecule has 1 heterocycles. The SMILES string of the molecule is CCOC(=O)c1sc(C2(N)CCCCCC2)nc1CC. The first-order valence-electron chi connectivity index (χ1n) is 7.57. The molecule has 2 N–H and O–H groups in total. The van der Waals surface area contributed by atoms with E-state index in [1.807, 2.05) is 13.8 Å². The predicted octanol–water partition coefficient (Wildman–Crippen LogP) is 3.39. The average Bonchev–Trinajstić information content (AvgIpc) is 2.76. The Kier molecular flexibility index (Phi) is 5.16. The first-order chi connectivity index (χ1) is 9.60. The normalized spacial score (nSPS) is 18.6. The van der Waals surface area contributed by atoms with Gasteiger partial charge in [-0.05, 0) is 26.2 Å². The molecule has 1 saturated carbocycles. The highest BCUT2D eigenvalue weighted by Crippen LogP contribution is 2.37. The highest BCUT2D eigenvalue weighted by atomic mass is 32.1. The summed E-state index contributed by atoms with van der Waals surface area (Å²) in [5, 5.41) is 0.916. The van der Waals surface area contributed by atoms with Crippen LogP contribution in [0.2, 0.25) is 0 Å². The number of carbonyl (C=O) groups is 1. The van der Waals surface area contributed by atoms with Gasteiger partial charge in [-0.2, -0.15) is 0 Å². The lowest BCUT2D eigenvalue weighted by atomic mass is 9.92. The molecule has 0 aliphatic heterocycles. The van der Waals surface area contributed by atoms with Gasteiger partial charge in [0.1, 0.15) is 9.88 Å². The van der Waals surface area contributed by atoms with E-state index in [1.54, 1.807) is 0 Å². The van der Waals surface area contributed by atoms with Crippen LogP contribution in [0.1, 0.15) is 72.7 Å². The number of aryl methyl sites for hydroxylation is 1. The topological polar surface area (TPSA) is 65.2 Å². The Morgan fingerprint density at radius 1 is 1.30 bits per heavy atom. The lowest BCUT2D eigenvalue weighted by molar-refractivity contribution is 0.0530. The molecule has 0 unspecified atom stereocenters. The molecule has 2 rings (SSSR count). The molecule has 4 nitrogen and oxygen atoms in total. The van der Waals surface area contributed by atoms with Gasteiger partial charge in [0.05, 0.1) is 17.8 Å². The van der Waals surface area contributed by atoms with Gasteiger partial charge < -0.3 is 10.5 Å². The summed E-state index contributed by atoms with van der Waals surface area (Å²) in [6, 6.07) is 0. The zero-order chi connectivity index (χ0) is 14.6. The summed E-state index contributed by atoms with van der Waals surface area (Å²) < 4.78 is 5.12. The molecule has 1 aromatic rings. The van der Waals surface area contributed by atoms with E-state index in [0.717, 1.165) is 42.8 Å². The lowest BCUT2D eigenvalue weighted by Gasteiger charge is -2.25.